The molecule has 1 aliphatic rings. The van der Waals surface area contributed by atoms with Gasteiger partial charge in [-0.2, -0.15) is 0 Å². The molecule has 47 heavy (non-hydrogen) atoms. The number of hydrogen-bond donors (Lipinski definition) is 2. The fraction of sp³-hybridized carbons (Fsp3) is 0.486. The van der Waals surface area contributed by atoms with Crippen molar-refractivity contribution in [3.63, 3.8) is 0 Å². The second-order valence-electron chi connectivity index (χ2n) is 12.9. The SMILES string of the molecule is COc1ccc(C2=CC(=O)CCc3c2cc(OC)c(OC)c3OC)cc1NC(=O)C(CCC(=O)OC(C)(C)C)NC(=O)OC(C)(C)C. The van der Waals surface area contributed by atoms with Crippen molar-refractivity contribution < 1.29 is 47.6 Å². The minimum absolute atomic E-state index is 0.0591. The van der Waals surface area contributed by atoms with Crippen LogP contribution in [0.2, 0.25) is 0 Å². The lowest BCUT2D eigenvalue weighted by atomic mass is 9.92. The number of anilines is 1. The summed E-state index contributed by atoms with van der Waals surface area (Å²) in [6.45, 7) is 10.3. The number of fused-ring (bicyclic) bond motifs is 1. The normalized spacial score (nSPS) is 13.7. The number of alkyl carbamates (subject to hydrolysis) is 1. The van der Waals surface area contributed by atoms with Gasteiger partial charge in [-0.1, -0.05) is 6.07 Å². The molecule has 1 unspecified atom stereocenters. The Kier molecular flexibility index (Phi) is 11.9. The van der Waals surface area contributed by atoms with Gasteiger partial charge in [0.25, 0.3) is 0 Å². The second kappa shape index (κ2) is 15.2. The van der Waals surface area contributed by atoms with E-state index in [0.717, 1.165) is 5.56 Å². The van der Waals surface area contributed by atoms with Gasteiger partial charge < -0.3 is 39.1 Å². The molecule has 0 saturated heterocycles. The van der Waals surface area contributed by atoms with Gasteiger partial charge in [-0.25, -0.2) is 4.79 Å². The van der Waals surface area contributed by atoms with Crippen LogP contribution in [0.25, 0.3) is 5.57 Å². The van der Waals surface area contributed by atoms with Crippen LogP contribution >= 0.6 is 0 Å². The van der Waals surface area contributed by atoms with Gasteiger partial charge in [0.2, 0.25) is 11.7 Å². The number of methoxy groups -OCH3 is 4. The van der Waals surface area contributed by atoms with Crippen molar-refractivity contribution >= 4 is 35.0 Å². The van der Waals surface area contributed by atoms with E-state index in [0.29, 0.717) is 46.1 Å². The van der Waals surface area contributed by atoms with Gasteiger partial charge in [-0.15, -0.1) is 0 Å². The third-order valence-electron chi connectivity index (χ3n) is 6.98. The third kappa shape index (κ3) is 9.87. The molecule has 3 rings (SSSR count). The molecule has 0 bridgehead atoms. The van der Waals surface area contributed by atoms with Crippen LogP contribution in [0.15, 0.2) is 30.3 Å². The molecule has 0 radical (unpaired) electrons. The van der Waals surface area contributed by atoms with E-state index in [1.807, 2.05) is 0 Å². The van der Waals surface area contributed by atoms with Crippen molar-refractivity contribution in [2.75, 3.05) is 33.8 Å². The van der Waals surface area contributed by atoms with Crippen molar-refractivity contribution in [1.29, 1.82) is 0 Å². The van der Waals surface area contributed by atoms with Crippen LogP contribution in [0, 0.1) is 0 Å². The minimum atomic E-state index is -1.16. The monoisotopic (exact) mass is 654 g/mol. The number of ketones is 1. The van der Waals surface area contributed by atoms with Gasteiger partial charge in [0.05, 0.1) is 34.1 Å². The molecule has 0 aliphatic heterocycles. The standard InChI is InChI=1S/C35H46N2O10/c1-34(2,3)46-29(39)16-14-25(37-33(41)47-35(4,5)6)32(40)36-26-17-20(11-15-27(26)42-7)23-18-21(38)12-13-22-24(23)19-28(43-8)31(45-10)30(22)44-9/h11,15,17-19,25H,12-14,16H2,1-10H3,(H,36,40)(H,37,41). The van der Waals surface area contributed by atoms with Gasteiger partial charge in [-0.3, -0.25) is 14.4 Å². The Hall–Kier alpha value is -4.74. The van der Waals surface area contributed by atoms with E-state index in [1.165, 1.54) is 28.4 Å². The van der Waals surface area contributed by atoms with E-state index in [9.17, 15) is 19.2 Å². The third-order valence-corrected chi connectivity index (χ3v) is 6.98. The fourth-order valence-electron chi connectivity index (χ4n) is 5.07. The highest BCUT2D eigenvalue weighted by Crippen LogP contribution is 2.47. The number of esters is 1. The highest BCUT2D eigenvalue weighted by atomic mass is 16.6. The minimum Gasteiger partial charge on any atom is -0.495 e. The molecule has 2 N–H and O–H groups in total. The number of ether oxygens (including phenoxy) is 6. The Morgan fingerprint density at radius 1 is 0.809 bits per heavy atom. The summed E-state index contributed by atoms with van der Waals surface area (Å²) in [5, 5.41) is 5.40. The van der Waals surface area contributed by atoms with Gasteiger partial charge in [0, 0.05) is 18.4 Å². The van der Waals surface area contributed by atoms with Gasteiger partial charge >= 0.3 is 12.1 Å². The van der Waals surface area contributed by atoms with E-state index >= 15 is 0 Å². The Labute approximate surface area is 276 Å². The zero-order chi connectivity index (χ0) is 35.1. The molecule has 2 amide bonds. The van der Waals surface area contributed by atoms with E-state index in [1.54, 1.807) is 71.9 Å². The Morgan fingerprint density at radius 3 is 2.02 bits per heavy atom. The molecular formula is C35H46N2O10. The summed E-state index contributed by atoms with van der Waals surface area (Å²) in [4.78, 5) is 51.9. The maximum Gasteiger partial charge on any atom is 0.408 e. The highest BCUT2D eigenvalue weighted by Gasteiger charge is 2.29. The zero-order valence-corrected chi connectivity index (χ0v) is 28.9. The average Bonchev–Trinajstić information content (AvgIpc) is 3.14. The summed E-state index contributed by atoms with van der Waals surface area (Å²) in [5.41, 5.74) is 1.39. The molecule has 256 valence electrons. The van der Waals surface area contributed by atoms with Crippen LogP contribution in [0.1, 0.15) is 77.5 Å². The molecular weight excluding hydrogens is 608 g/mol. The average molecular weight is 655 g/mol. The summed E-state index contributed by atoms with van der Waals surface area (Å²) < 4.78 is 33.2. The number of benzene rings is 2. The predicted octanol–water partition coefficient (Wildman–Crippen LogP) is 5.62. The van der Waals surface area contributed by atoms with Gasteiger partial charge in [0.15, 0.2) is 17.3 Å². The van der Waals surface area contributed by atoms with E-state index in [2.05, 4.69) is 10.6 Å². The summed E-state index contributed by atoms with van der Waals surface area (Å²) in [6.07, 6.45) is 1.19. The summed E-state index contributed by atoms with van der Waals surface area (Å²) in [6, 6.07) is 5.74. The molecule has 2 aromatic rings. The first-order chi connectivity index (χ1) is 22.0. The van der Waals surface area contributed by atoms with E-state index < -0.39 is 35.2 Å². The Balaban J connectivity index is 2.03. The largest absolute Gasteiger partial charge is 0.495 e. The predicted molar refractivity (Wildman–Crippen MR) is 176 cm³/mol. The van der Waals surface area contributed by atoms with Crippen molar-refractivity contribution in [2.45, 2.75) is 84.5 Å². The van der Waals surface area contributed by atoms with Crippen LogP contribution in [0.3, 0.4) is 0 Å². The number of hydrogen-bond acceptors (Lipinski definition) is 10. The number of carbonyl (C=O) groups is 4. The molecule has 0 fully saturated rings. The number of carbonyl (C=O) groups excluding carboxylic acids is 4. The van der Waals surface area contributed by atoms with E-state index in [-0.39, 0.29) is 30.7 Å². The molecule has 0 aromatic heterocycles. The summed E-state index contributed by atoms with van der Waals surface area (Å²) in [5.74, 6) is 0.399. The lowest BCUT2D eigenvalue weighted by molar-refractivity contribution is -0.155. The molecule has 12 nitrogen and oxygen atoms in total. The van der Waals surface area contributed by atoms with Crippen molar-refractivity contribution in [3.05, 3.63) is 47.0 Å². The molecule has 12 heteroatoms. The van der Waals surface area contributed by atoms with Crippen LogP contribution in [-0.4, -0.2) is 69.4 Å². The molecule has 0 saturated carbocycles. The maximum absolute atomic E-state index is 13.7. The molecule has 0 spiro atoms. The van der Waals surface area contributed by atoms with Crippen LogP contribution < -0.4 is 29.6 Å². The maximum atomic E-state index is 13.7. The molecule has 1 atom stereocenters. The fourth-order valence-corrected chi connectivity index (χ4v) is 5.07. The van der Waals surface area contributed by atoms with Crippen LogP contribution in [0.4, 0.5) is 10.5 Å². The van der Waals surface area contributed by atoms with Crippen molar-refractivity contribution in [1.82, 2.24) is 5.32 Å². The van der Waals surface area contributed by atoms with Crippen molar-refractivity contribution in [2.24, 2.45) is 0 Å². The first kappa shape index (κ1) is 36.7. The first-order valence-electron chi connectivity index (χ1n) is 15.3. The van der Waals surface area contributed by atoms with E-state index in [4.69, 9.17) is 28.4 Å². The Morgan fingerprint density at radius 2 is 1.45 bits per heavy atom. The van der Waals surface area contributed by atoms with Gasteiger partial charge in [-0.05, 0) is 95.4 Å². The number of rotatable bonds is 11. The summed E-state index contributed by atoms with van der Waals surface area (Å²) >= 11 is 0. The molecule has 1 aliphatic carbocycles. The second-order valence-corrected chi connectivity index (χ2v) is 12.9. The number of nitrogens with one attached hydrogen (secondary N) is 2. The lowest BCUT2D eigenvalue weighted by Gasteiger charge is -2.24. The quantitative estimate of drug-likeness (QED) is 0.293. The van der Waals surface area contributed by atoms with Crippen LogP contribution in [0.5, 0.6) is 23.0 Å². The number of amides is 2. The smallest absolute Gasteiger partial charge is 0.408 e. The number of allylic oxidation sites excluding steroid dienone is 1. The summed E-state index contributed by atoms with van der Waals surface area (Å²) in [7, 11) is 6.01. The highest BCUT2D eigenvalue weighted by molar-refractivity contribution is 6.04. The topological polar surface area (TPSA) is 148 Å². The van der Waals surface area contributed by atoms with Crippen LogP contribution in [-0.2, 0) is 30.3 Å². The lowest BCUT2D eigenvalue weighted by Crippen LogP contribution is -2.46. The first-order valence-corrected chi connectivity index (χ1v) is 15.3. The molecule has 0 heterocycles. The zero-order valence-electron chi connectivity index (χ0n) is 28.9. The van der Waals surface area contributed by atoms with Crippen molar-refractivity contribution in [3.8, 4) is 23.0 Å². The molecule has 2 aromatic carbocycles. The van der Waals surface area contributed by atoms with Gasteiger partial charge in [0.1, 0.15) is 23.0 Å². The Bertz CT molecular complexity index is 1530.